The quantitative estimate of drug-likeness (QED) is 0.679. The predicted molar refractivity (Wildman–Crippen MR) is 84.3 cm³/mol. The van der Waals surface area contributed by atoms with Crippen molar-refractivity contribution in [3.05, 3.63) is 33.9 Å². The van der Waals surface area contributed by atoms with E-state index in [1.54, 1.807) is 6.92 Å². The van der Waals surface area contributed by atoms with Crippen molar-refractivity contribution in [2.75, 3.05) is 0 Å². The first kappa shape index (κ1) is 16.9. The highest BCUT2D eigenvalue weighted by Gasteiger charge is 2.23. The lowest BCUT2D eigenvalue weighted by molar-refractivity contribution is -0.385. The Balaban J connectivity index is 2.17. The molecule has 0 saturated heterocycles. The molecule has 6 nitrogen and oxygen atoms in total. The average molecular weight is 326 g/mol. The Morgan fingerprint density at radius 2 is 1.73 bits per heavy atom. The van der Waals surface area contributed by atoms with Crippen molar-refractivity contribution in [2.24, 2.45) is 0 Å². The first-order valence-electron chi connectivity index (χ1n) is 7.67. The maximum Gasteiger partial charge on any atom is 0.269 e. The molecule has 1 aliphatic carbocycles. The van der Waals surface area contributed by atoms with Gasteiger partial charge in [0.05, 0.1) is 9.82 Å². The van der Waals surface area contributed by atoms with Crippen LogP contribution in [0.5, 0.6) is 0 Å². The van der Waals surface area contributed by atoms with Crippen LogP contribution in [-0.4, -0.2) is 19.4 Å². The van der Waals surface area contributed by atoms with Gasteiger partial charge in [0.2, 0.25) is 10.0 Å². The lowest BCUT2D eigenvalue weighted by Crippen LogP contribution is -2.35. The third-order valence-corrected chi connectivity index (χ3v) is 5.77. The van der Waals surface area contributed by atoms with E-state index < -0.39 is 14.9 Å². The zero-order valence-corrected chi connectivity index (χ0v) is 13.6. The van der Waals surface area contributed by atoms with E-state index >= 15 is 0 Å². The summed E-state index contributed by atoms with van der Waals surface area (Å²) < 4.78 is 27.8. The molecule has 0 aromatic heterocycles. The second-order valence-corrected chi connectivity index (χ2v) is 7.55. The van der Waals surface area contributed by atoms with Crippen molar-refractivity contribution in [1.82, 2.24) is 4.72 Å². The Morgan fingerprint density at radius 1 is 1.14 bits per heavy atom. The minimum absolute atomic E-state index is 0.0418. The first-order chi connectivity index (χ1) is 10.4. The van der Waals surface area contributed by atoms with Crippen molar-refractivity contribution in [1.29, 1.82) is 0 Å². The van der Waals surface area contributed by atoms with E-state index in [4.69, 9.17) is 0 Å². The molecule has 0 amide bonds. The molecular formula is C15H22N2O4S. The Kier molecular flexibility index (Phi) is 5.52. The van der Waals surface area contributed by atoms with E-state index in [1.807, 2.05) is 0 Å². The van der Waals surface area contributed by atoms with Crippen molar-refractivity contribution in [3.63, 3.8) is 0 Å². The van der Waals surface area contributed by atoms with E-state index in [9.17, 15) is 18.5 Å². The molecule has 7 heteroatoms. The third kappa shape index (κ3) is 4.27. The fraction of sp³-hybridized carbons (Fsp3) is 0.600. The van der Waals surface area contributed by atoms with E-state index in [-0.39, 0.29) is 16.6 Å². The number of hydrogen-bond donors (Lipinski definition) is 1. The average Bonchev–Trinajstić information content (AvgIpc) is 2.41. The Bertz CT molecular complexity index is 635. The van der Waals surface area contributed by atoms with Gasteiger partial charge in [-0.2, -0.15) is 0 Å². The highest BCUT2D eigenvalue weighted by molar-refractivity contribution is 7.89. The second-order valence-electron chi connectivity index (χ2n) is 5.87. The summed E-state index contributed by atoms with van der Waals surface area (Å²) in [6.45, 7) is 1.58. The number of nitro benzene ring substituents is 1. The van der Waals surface area contributed by atoms with E-state index in [2.05, 4.69) is 4.72 Å². The van der Waals surface area contributed by atoms with Gasteiger partial charge in [0.15, 0.2) is 0 Å². The summed E-state index contributed by atoms with van der Waals surface area (Å²) >= 11 is 0. The molecule has 0 heterocycles. The fourth-order valence-electron chi connectivity index (χ4n) is 2.91. The molecular weight excluding hydrogens is 304 g/mol. The summed E-state index contributed by atoms with van der Waals surface area (Å²) in [6, 6.07) is 3.81. The van der Waals surface area contributed by atoms with E-state index in [0.29, 0.717) is 5.56 Å². The van der Waals surface area contributed by atoms with Crippen LogP contribution in [0.3, 0.4) is 0 Å². The van der Waals surface area contributed by atoms with Gasteiger partial charge in [-0.15, -0.1) is 0 Å². The number of aryl methyl sites for hydroxylation is 1. The number of nitro groups is 1. The van der Waals surface area contributed by atoms with Crippen molar-refractivity contribution < 1.29 is 13.3 Å². The number of hydrogen-bond acceptors (Lipinski definition) is 4. The number of sulfonamides is 1. The van der Waals surface area contributed by atoms with Crippen LogP contribution in [-0.2, 0) is 10.0 Å². The zero-order valence-electron chi connectivity index (χ0n) is 12.7. The van der Waals surface area contributed by atoms with Gasteiger partial charge in [0, 0.05) is 18.2 Å². The van der Waals surface area contributed by atoms with Crippen LogP contribution < -0.4 is 4.72 Å². The molecule has 0 aliphatic heterocycles. The number of nitrogens with zero attached hydrogens (tertiary/aromatic N) is 1. The number of nitrogens with one attached hydrogen (secondary N) is 1. The normalized spacial score (nSPS) is 17.7. The van der Waals surface area contributed by atoms with Gasteiger partial charge in [-0.3, -0.25) is 10.1 Å². The van der Waals surface area contributed by atoms with Crippen molar-refractivity contribution in [3.8, 4) is 0 Å². The van der Waals surface area contributed by atoms with Gasteiger partial charge in [-0.05, 0) is 31.4 Å². The van der Waals surface area contributed by atoms with Gasteiger partial charge < -0.3 is 0 Å². The fourth-order valence-corrected chi connectivity index (χ4v) is 4.44. The molecule has 0 unspecified atom stereocenters. The number of benzene rings is 1. The van der Waals surface area contributed by atoms with Crippen LogP contribution in [0.1, 0.15) is 50.5 Å². The summed E-state index contributed by atoms with van der Waals surface area (Å²) in [5.74, 6) is 0. The summed E-state index contributed by atoms with van der Waals surface area (Å²) in [5.41, 5.74) is 0.301. The van der Waals surface area contributed by atoms with Gasteiger partial charge in [0.1, 0.15) is 0 Å². The largest absolute Gasteiger partial charge is 0.269 e. The van der Waals surface area contributed by atoms with Crippen LogP contribution in [0.25, 0.3) is 0 Å². The molecule has 2 rings (SSSR count). The Labute approximate surface area is 131 Å². The van der Waals surface area contributed by atoms with Crippen LogP contribution in [0.2, 0.25) is 0 Å². The molecule has 1 aromatic rings. The van der Waals surface area contributed by atoms with Crippen LogP contribution >= 0.6 is 0 Å². The lowest BCUT2D eigenvalue weighted by Gasteiger charge is -2.21. The summed E-state index contributed by atoms with van der Waals surface area (Å²) in [6.07, 6.45) is 7.29. The molecule has 0 atom stereocenters. The summed E-state index contributed by atoms with van der Waals surface area (Å²) in [4.78, 5) is 10.3. The molecule has 1 fully saturated rings. The van der Waals surface area contributed by atoms with Crippen molar-refractivity contribution in [2.45, 2.75) is 62.8 Å². The molecule has 1 saturated carbocycles. The number of non-ortho nitro benzene ring substituents is 1. The third-order valence-electron chi connectivity index (χ3n) is 4.09. The predicted octanol–water partition coefficient (Wildman–Crippen LogP) is 3.29. The molecule has 122 valence electrons. The van der Waals surface area contributed by atoms with Crippen LogP contribution in [0.4, 0.5) is 5.69 Å². The standard InChI is InChI=1S/C15H22N2O4S/c1-12-11-14(17(18)19)9-10-15(12)22(20,21)16-13-7-5-3-2-4-6-8-13/h9-11,13,16H,2-8H2,1H3. The zero-order chi connectivity index (χ0) is 16.2. The molecule has 1 N–H and O–H groups in total. The first-order valence-corrected chi connectivity index (χ1v) is 9.16. The minimum Gasteiger partial charge on any atom is -0.258 e. The van der Waals surface area contributed by atoms with Crippen molar-refractivity contribution >= 4 is 15.7 Å². The van der Waals surface area contributed by atoms with E-state index in [1.165, 1.54) is 24.6 Å². The van der Waals surface area contributed by atoms with Gasteiger partial charge in [0.25, 0.3) is 5.69 Å². The smallest absolute Gasteiger partial charge is 0.258 e. The molecule has 1 aromatic carbocycles. The maximum atomic E-state index is 12.5. The summed E-state index contributed by atoms with van der Waals surface area (Å²) in [5, 5.41) is 10.7. The van der Waals surface area contributed by atoms with Gasteiger partial charge in [-0.25, -0.2) is 13.1 Å². The monoisotopic (exact) mass is 326 g/mol. The molecule has 0 spiro atoms. The molecule has 0 radical (unpaired) electrons. The molecule has 0 bridgehead atoms. The minimum atomic E-state index is -3.63. The number of rotatable bonds is 4. The topological polar surface area (TPSA) is 89.3 Å². The maximum absolute atomic E-state index is 12.5. The van der Waals surface area contributed by atoms with Gasteiger partial charge in [-0.1, -0.05) is 32.1 Å². The Hall–Kier alpha value is -1.47. The van der Waals surface area contributed by atoms with E-state index in [0.717, 1.165) is 38.5 Å². The highest BCUT2D eigenvalue weighted by Crippen LogP contribution is 2.23. The summed E-state index contributed by atoms with van der Waals surface area (Å²) in [7, 11) is -3.63. The SMILES string of the molecule is Cc1cc([N+](=O)[O-])ccc1S(=O)(=O)NC1CCCCCCC1. The highest BCUT2D eigenvalue weighted by atomic mass is 32.2. The van der Waals surface area contributed by atoms with Crippen LogP contribution in [0, 0.1) is 17.0 Å². The second kappa shape index (κ2) is 7.19. The van der Waals surface area contributed by atoms with Gasteiger partial charge >= 0.3 is 0 Å². The molecule has 1 aliphatic rings. The molecule has 22 heavy (non-hydrogen) atoms. The lowest BCUT2D eigenvalue weighted by atomic mass is 9.97. The Morgan fingerprint density at radius 3 is 2.27 bits per heavy atom. The van der Waals surface area contributed by atoms with Crippen LogP contribution in [0.15, 0.2) is 23.1 Å².